The number of aromatic nitrogens is 2. The summed E-state index contributed by atoms with van der Waals surface area (Å²) in [6.45, 7) is 1.90. The summed E-state index contributed by atoms with van der Waals surface area (Å²) in [7, 11) is 0. The van der Waals surface area contributed by atoms with Crippen molar-refractivity contribution in [1.29, 1.82) is 5.26 Å². The number of rotatable bonds is 4. The van der Waals surface area contributed by atoms with Gasteiger partial charge in [0.15, 0.2) is 11.5 Å². The van der Waals surface area contributed by atoms with Gasteiger partial charge in [-0.1, -0.05) is 15.9 Å². The van der Waals surface area contributed by atoms with Gasteiger partial charge in [-0.15, -0.1) is 0 Å². The molecule has 3 rings (SSSR count). The van der Waals surface area contributed by atoms with E-state index in [4.69, 9.17) is 9.15 Å². The lowest BCUT2D eigenvalue weighted by Crippen LogP contribution is -2.08. The average molecular weight is 386 g/mol. The van der Waals surface area contributed by atoms with E-state index < -0.39 is 5.97 Å². The number of hydrogen-bond donors (Lipinski definition) is 0. The average Bonchev–Trinajstić information content (AvgIpc) is 3.22. The second kappa shape index (κ2) is 6.72. The Kier molecular flexibility index (Phi) is 4.49. The fourth-order valence-corrected chi connectivity index (χ4v) is 2.54. The highest BCUT2D eigenvalue weighted by Crippen LogP contribution is 2.30. The van der Waals surface area contributed by atoms with Crippen LogP contribution in [-0.4, -0.2) is 22.4 Å². The Balaban J connectivity index is 2.26. The second-order valence-electron chi connectivity index (χ2n) is 4.77. The van der Waals surface area contributed by atoms with Gasteiger partial charge in [-0.05, 0) is 43.3 Å². The van der Waals surface area contributed by atoms with Crippen LogP contribution in [0, 0.1) is 11.3 Å². The number of ether oxygens (including phenoxy) is 1. The van der Waals surface area contributed by atoms with E-state index in [-0.39, 0.29) is 17.9 Å². The molecule has 2 heterocycles. The minimum atomic E-state index is -0.641. The third kappa shape index (κ3) is 2.84. The van der Waals surface area contributed by atoms with Crippen LogP contribution in [0.4, 0.5) is 0 Å². The molecule has 1 aromatic carbocycles. The zero-order chi connectivity index (χ0) is 17.1. The molecule has 0 aliphatic heterocycles. The number of carbonyl (C=O) groups excluding carboxylic acids is 1. The van der Waals surface area contributed by atoms with Crippen molar-refractivity contribution in [2.45, 2.75) is 6.92 Å². The molecule has 0 bridgehead atoms. The van der Waals surface area contributed by atoms with Crippen molar-refractivity contribution >= 4 is 21.9 Å². The number of halogens is 1. The standard InChI is InChI=1S/C17H12BrN3O3/c1-2-23-17(22)15-13(10-19)16(14-4-3-9-24-14)21(20-15)12-7-5-11(18)6-8-12/h3-9H,2H2,1H3. The molecule has 0 unspecified atom stereocenters. The molecule has 120 valence electrons. The molecule has 0 amide bonds. The maximum Gasteiger partial charge on any atom is 0.360 e. The van der Waals surface area contributed by atoms with Crippen molar-refractivity contribution in [3.63, 3.8) is 0 Å². The van der Waals surface area contributed by atoms with Crippen LogP contribution in [-0.2, 0) is 4.74 Å². The predicted molar refractivity (Wildman–Crippen MR) is 89.6 cm³/mol. The van der Waals surface area contributed by atoms with Crippen LogP contribution >= 0.6 is 15.9 Å². The molecule has 0 fully saturated rings. The highest BCUT2D eigenvalue weighted by Gasteiger charge is 2.27. The van der Waals surface area contributed by atoms with Gasteiger partial charge in [-0.2, -0.15) is 10.4 Å². The van der Waals surface area contributed by atoms with Crippen molar-refractivity contribution in [1.82, 2.24) is 9.78 Å². The maximum absolute atomic E-state index is 12.2. The van der Waals surface area contributed by atoms with Gasteiger partial charge in [-0.3, -0.25) is 0 Å². The van der Waals surface area contributed by atoms with Crippen LogP contribution in [0.5, 0.6) is 0 Å². The van der Waals surface area contributed by atoms with Crippen molar-refractivity contribution in [2.24, 2.45) is 0 Å². The Morgan fingerprint density at radius 1 is 1.38 bits per heavy atom. The smallest absolute Gasteiger partial charge is 0.360 e. The van der Waals surface area contributed by atoms with Crippen molar-refractivity contribution < 1.29 is 13.9 Å². The van der Waals surface area contributed by atoms with E-state index in [0.29, 0.717) is 17.1 Å². The fourth-order valence-electron chi connectivity index (χ4n) is 2.28. The topological polar surface area (TPSA) is 81.0 Å². The van der Waals surface area contributed by atoms with Gasteiger partial charge in [-0.25, -0.2) is 9.48 Å². The van der Waals surface area contributed by atoms with Gasteiger partial charge in [0.25, 0.3) is 0 Å². The van der Waals surface area contributed by atoms with E-state index in [1.807, 2.05) is 30.3 Å². The zero-order valence-corrected chi connectivity index (χ0v) is 14.3. The van der Waals surface area contributed by atoms with Crippen LogP contribution in [0.2, 0.25) is 0 Å². The SMILES string of the molecule is CCOC(=O)c1nn(-c2ccc(Br)cc2)c(-c2ccco2)c1C#N. The first-order chi connectivity index (χ1) is 11.7. The lowest BCUT2D eigenvalue weighted by atomic mass is 10.1. The third-order valence-electron chi connectivity index (χ3n) is 3.29. The van der Waals surface area contributed by atoms with Crippen molar-refractivity contribution in [3.8, 4) is 23.2 Å². The number of nitriles is 1. The summed E-state index contributed by atoms with van der Waals surface area (Å²) >= 11 is 3.38. The fraction of sp³-hybridized carbons (Fsp3) is 0.118. The van der Waals surface area contributed by atoms with E-state index in [2.05, 4.69) is 21.0 Å². The highest BCUT2D eigenvalue weighted by molar-refractivity contribution is 9.10. The molecule has 7 heteroatoms. The summed E-state index contributed by atoms with van der Waals surface area (Å²) in [6.07, 6.45) is 1.50. The number of esters is 1. The molecule has 0 atom stereocenters. The van der Waals surface area contributed by atoms with Gasteiger partial charge < -0.3 is 9.15 Å². The van der Waals surface area contributed by atoms with Crippen molar-refractivity contribution in [2.75, 3.05) is 6.61 Å². The molecule has 2 aromatic heterocycles. The molecule has 6 nitrogen and oxygen atoms in total. The van der Waals surface area contributed by atoms with E-state index in [9.17, 15) is 10.1 Å². The quantitative estimate of drug-likeness (QED) is 0.635. The summed E-state index contributed by atoms with van der Waals surface area (Å²) < 4.78 is 12.9. The molecule has 0 saturated heterocycles. The van der Waals surface area contributed by atoms with Crippen LogP contribution in [0.3, 0.4) is 0 Å². The van der Waals surface area contributed by atoms with E-state index >= 15 is 0 Å². The predicted octanol–water partition coefficient (Wildman–Crippen LogP) is 3.94. The van der Waals surface area contributed by atoms with Gasteiger partial charge in [0.2, 0.25) is 0 Å². The normalized spacial score (nSPS) is 10.4. The van der Waals surface area contributed by atoms with E-state index in [1.165, 1.54) is 10.9 Å². The lowest BCUT2D eigenvalue weighted by Gasteiger charge is -2.05. The van der Waals surface area contributed by atoms with E-state index in [0.717, 1.165) is 4.47 Å². The Hall–Kier alpha value is -2.85. The van der Waals surface area contributed by atoms with Crippen LogP contribution < -0.4 is 0 Å². The maximum atomic E-state index is 12.2. The first-order valence-electron chi connectivity index (χ1n) is 7.15. The number of nitrogens with zero attached hydrogens (tertiary/aromatic N) is 3. The Bertz CT molecular complexity index is 906. The molecule has 24 heavy (non-hydrogen) atoms. The largest absolute Gasteiger partial charge is 0.463 e. The van der Waals surface area contributed by atoms with Gasteiger partial charge in [0, 0.05) is 4.47 Å². The molecule has 0 spiro atoms. The molecule has 0 aliphatic carbocycles. The molecule has 0 saturated carbocycles. The second-order valence-corrected chi connectivity index (χ2v) is 5.69. The summed E-state index contributed by atoms with van der Waals surface area (Å²) in [4.78, 5) is 12.2. The van der Waals surface area contributed by atoms with Crippen molar-refractivity contribution in [3.05, 3.63) is 58.4 Å². The van der Waals surface area contributed by atoms with Gasteiger partial charge in [0.1, 0.15) is 17.3 Å². The molecular weight excluding hydrogens is 374 g/mol. The van der Waals surface area contributed by atoms with Crippen LogP contribution in [0.25, 0.3) is 17.1 Å². The lowest BCUT2D eigenvalue weighted by molar-refractivity contribution is 0.0518. The summed E-state index contributed by atoms with van der Waals surface area (Å²) in [5.74, 6) is -0.199. The van der Waals surface area contributed by atoms with Crippen LogP contribution in [0.15, 0.2) is 51.6 Å². The first-order valence-corrected chi connectivity index (χ1v) is 7.95. The summed E-state index contributed by atoms with van der Waals surface area (Å²) in [5, 5.41) is 13.9. The Morgan fingerprint density at radius 3 is 2.71 bits per heavy atom. The van der Waals surface area contributed by atoms with E-state index in [1.54, 1.807) is 19.1 Å². The molecular formula is C17H12BrN3O3. The van der Waals surface area contributed by atoms with Gasteiger partial charge >= 0.3 is 5.97 Å². The Morgan fingerprint density at radius 2 is 2.12 bits per heavy atom. The minimum Gasteiger partial charge on any atom is -0.463 e. The Labute approximate surface area is 146 Å². The zero-order valence-electron chi connectivity index (χ0n) is 12.7. The highest BCUT2D eigenvalue weighted by atomic mass is 79.9. The van der Waals surface area contributed by atoms with Gasteiger partial charge in [0.05, 0.1) is 18.6 Å². The summed E-state index contributed by atoms with van der Waals surface area (Å²) in [5.41, 5.74) is 1.18. The minimum absolute atomic E-state index is 0.0336. The number of benzene rings is 1. The first kappa shape index (κ1) is 16.0. The number of hydrogen-bond acceptors (Lipinski definition) is 5. The summed E-state index contributed by atoms with van der Waals surface area (Å²) in [6, 6.07) is 12.8. The number of carbonyl (C=O) groups is 1. The van der Waals surface area contributed by atoms with Crippen LogP contribution in [0.1, 0.15) is 23.0 Å². The molecule has 0 radical (unpaired) electrons. The monoisotopic (exact) mass is 385 g/mol. The number of furan rings is 1. The third-order valence-corrected chi connectivity index (χ3v) is 3.82. The molecule has 0 aliphatic rings. The molecule has 3 aromatic rings. The molecule has 0 N–H and O–H groups in total.